The van der Waals surface area contributed by atoms with Crippen LogP contribution < -0.4 is 5.43 Å². The van der Waals surface area contributed by atoms with Crippen LogP contribution in [-0.4, -0.2) is 11.6 Å². The Hall–Kier alpha value is -2.13. The summed E-state index contributed by atoms with van der Waals surface area (Å²) < 4.78 is 0. The first-order valence-corrected chi connectivity index (χ1v) is 7.03. The third-order valence-electron chi connectivity index (χ3n) is 3.22. The van der Waals surface area contributed by atoms with Crippen LogP contribution in [0.3, 0.4) is 0 Å². The van der Waals surface area contributed by atoms with Gasteiger partial charge < -0.3 is 0 Å². The highest BCUT2D eigenvalue weighted by atomic mass is 35.5. The van der Waals surface area contributed by atoms with Crippen molar-refractivity contribution in [1.29, 1.82) is 0 Å². The Morgan fingerprint density at radius 3 is 2.48 bits per heavy atom. The topological polar surface area (TPSA) is 41.5 Å². The first kappa shape index (κ1) is 15.3. The van der Waals surface area contributed by atoms with Crippen LogP contribution in [0.5, 0.6) is 0 Å². The Kier molecular flexibility index (Phi) is 4.76. The van der Waals surface area contributed by atoms with Crippen LogP contribution in [-0.2, 0) is 0 Å². The summed E-state index contributed by atoms with van der Waals surface area (Å²) in [6.07, 6.45) is 0. The summed E-state index contributed by atoms with van der Waals surface area (Å²) in [6, 6.07) is 13.0. The minimum atomic E-state index is -0.315. The van der Waals surface area contributed by atoms with Crippen LogP contribution in [0.4, 0.5) is 0 Å². The van der Waals surface area contributed by atoms with Gasteiger partial charge in [-0.2, -0.15) is 5.10 Å². The fraction of sp³-hybridized carbons (Fsp3) is 0.176. The Bertz CT molecular complexity index is 708. The van der Waals surface area contributed by atoms with Gasteiger partial charge in [0.15, 0.2) is 0 Å². The molecule has 0 unspecified atom stereocenters. The third-order valence-corrected chi connectivity index (χ3v) is 3.54. The van der Waals surface area contributed by atoms with E-state index in [1.165, 1.54) is 5.56 Å². The molecule has 0 fully saturated rings. The van der Waals surface area contributed by atoms with Crippen molar-refractivity contribution in [2.24, 2.45) is 5.10 Å². The number of carbonyl (C=O) groups excluding carboxylic acids is 1. The van der Waals surface area contributed by atoms with Crippen LogP contribution in [0.2, 0.25) is 5.02 Å². The van der Waals surface area contributed by atoms with Gasteiger partial charge in [-0.25, -0.2) is 5.43 Å². The Morgan fingerprint density at radius 1 is 1.10 bits per heavy atom. The lowest BCUT2D eigenvalue weighted by molar-refractivity contribution is 0.0955. The van der Waals surface area contributed by atoms with E-state index in [0.717, 1.165) is 16.8 Å². The van der Waals surface area contributed by atoms with Gasteiger partial charge in [-0.05, 0) is 38.5 Å². The van der Waals surface area contributed by atoms with E-state index in [9.17, 15) is 4.79 Å². The van der Waals surface area contributed by atoms with Gasteiger partial charge in [-0.3, -0.25) is 4.79 Å². The van der Waals surface area contributed by atoms with Crippen molar-refractivity contribution in [3.8, 4) is 0 Å². The fourth-order valence-corrected chi connectivity index (χ4v) is 2.34. The number of rotatable bonds is 3. The molecular weight excluding hydrogens is 284 g/mol. The highest BCUT2D eigenvalue weighted by Crippen LogP contribution is 2.15. The van der Waals surface area contributed by atoms with E-state index >= 15 is 0 Å². The average molecular weight is 301 g/mol. The molecule has 0 atom stereocenters. The normalized spacial score (nSPS) is 11.3. The minimum Gasteiger partial charge on any atom is -0.267 e. The molecule has 2 rings (SSSR count). The van der Waals surface area contributed by atoms with Gasteiger partial charge in [0, 0.05) is 5.56 Å². The second-order valence-corrected chi connectivity index (χ2v) is 5.34. The summed E-state index contributed by atoms with van der Waals surface area (Å²) in [5.41, 5.74) is 7.06. The van der Waals surface area contributed by atoms with E-state index in [2.05, 4.69) is 16.6 Å². The molecule has 0 heterocycles. The Balaban J connectivity index is 2.17. The zero-order chi connectivity index (χ0) is 15.4. The molecule has 108 valence electrons. The predicted molar refractivity (Wildman–Crippen MR) is 87.0 cm³/mol. The molecule has 3 nitrogen and oxygen atoms in total. The first-order chi connectivity index (χ1) is 9.99. The van der Waals surface area contributed by atoms with E-state index in [-0.39, 0.29) is 5.91 Å². The predicted octanol–water partition coefficient (Wildman–Crippen LogP) is 4.11. The number of carbonyl (C=O) groups is 1. The summed E-state index contributed by atoms with van der Waals surface area (Å²) in [7, 11) is 0. The number of hydrogen-bond acceptors (Lipinski definition) is 2. The molecule has 1 amide bonds. The van der Waals surface area contributed by atoms with E-state index < -0.39 is 0 Å². The molecule has 0 spiro atoms. The number of benzene rings is 2. The van der Waals surface area contributed by atoms with Crippen LogP contribution in [0.1, 0.15) is 34.0 Å². The lowest BCUT2D eigenvalue weighted by Gasteiger charge is -2.07. The quantitative estimate of drug-likeness (QED) is 0.672. The molecule has 0 aromatic heterocycles. The maximum absolute atomic E-state index is 12.0. The lowest BCUT2D eigenvalue weighted by atomic mass is 10.0. The van der Waals surface area contributed by atoms with E-state index in [1.807, 2.05) is 32.9 Å². The van der Waals surface area contributed by atoms with Gasteiger partial charge in [0.2, 0.25) is 0 Å². The number of nitrogens with one attached hydrogen (secondary N) is 1. The van der Waals surface area contributed by atoms with Gasteiger partial charge in [0.05, 0.1) is 16.3 Å². The number of halogens is 1. The number of amides is 1. The van der Waals surface area contributed by atoms with Crippen LogP contribution >= 0.6 is 11.6 Å². The highest BCUT2D eigenvalue weighted by Gasteiger charge is 2.09. The molecule has 0 saturated heterocycles. The monoisotopic (exact) mass is 300 g/mol. The Morgan fingerprint density at radius 2 is 1.81 bits per heavy atom. The molecule has 2 aromatic carbocycles. The zero-order valence-corrected chi connectivity index (χ0v) is 13.0. The summed E-state index contributed by atoms with van der Waals surface area (Å²) in [4.78, 5) is 12.0. The van der Waals surface area contributed by atoms with E-state index in [0.29, 0.717) is 10.6 Å². The Labute approximate surface area is 129 Å². The lowest BCUT2D eigenvalue weighted by Crippen LogP contribution is -2.19. The van der Waals surface area contributed by atoms with Gasteiger partial charge in [0.1, 0.15) is 0 Å². The van der Waals surface area contributed by atoms with E-state index in [1.54, 1.807) is 24.3 Å². The minimum absolute atomic E-state index is 0.315. The summed E-state index contributed by atoms with van der Waals surface area (Å²) in [6.45, 7) is 5.93. The van der Waals surface area contributed by atoms with Crippen molar-refractivity contribution in [3.05, 3.63) is 69.7 Å². The maximum Gasteiger partial charge on any atom is 0.272 e. The molecule has 21 heavy (non-hydrogen) atoms. The van der Waals surface area contributed by atoms with Crippen molar-refractivity contribution in [1.82, 2.24) is 5.43 Å². The molecule has 0 saturated carbocycles. The van der Waals surface area contributed by atoms with Crippen molar-refractivity contribution >= 4 is 23.2 Å². The molecule has 2 aromatic rings. The molecule has 0 radical (unpaired) electrons. The van der Waals surface area contributed by atoms with Gasteiger partial charge >= 0.3 is 0 Å². The fourth-order valence-electron chi connectivity index (χ4n) is 2.12. The average Bonchev–Trinajstić information content (AvgIpc) is 2.45. The SMILES string of the molecule is C/C(=N/NC(=O)c1ccccc1Cl)c1ccc(C)cc1C. The zero-order valence-electron chi connectivity index (χ0n) is 12.3. The molecule has 4 heteroatoms. The number of aryl methyl sites for hydroxylation is 2. The van der Waals surface area contributed by atoms with Crippen molar-refractivity contribution in [2.75, 3.05) is 0 Å². The van der Waals surface area contributed by atoms with Crippen LogP contribution in [0.15, 0.2) is 47.6 Å². The van der Waals surface area contributed by atoms with Crippen molar-refractivity contribution in [3.63, 3.8) is 0 Å². The summed E-state index contributed by atoms with van der Waals surface area (Å²) >= 11 is 5.98. The standard InChI is InChI=1S/C17H17ClN2O/c1-11-8-9-14(12(2)10-11)13(3)19-20-17(21)15-6-4-5-7-16(15)18/h4-10H,1-3H3,(H,20,21)/b19-13-. The summed E-state index contributed by atoms with van der Waals surface area (Å²) in [5.74, 6) is -0.315. The molecule has 1 N–H and O–H groups in total. The van der Waals surface area contributed by atoms with Crippen molar-refractivity contribution < 1.29 is 4.79 Å². The summed E-state index contributed by atoms with van der Waals surface area (Å²) in [5, 5.41) is 4.57. The maximum atomic E-state index is 12.0. The first-order valence-electron chi connectivity index (χ1n) is 6.66. The molecule has 0 aliphatic rings. The van der Waals surface area contributed by atoms with E-state index in [4.69, 9.17) is 11.6 Å². The molecule has 0 bridgehead atoms. The number of hydrazone groups is 1. The van der Waals surface area contributed by atoms with Crippen LogP contribution in [0.25, 0.3) is 0 Å². The van der Waals surface area contributed by atoms with Gasteiger partial charge in [-0.15, -0.1) is 0 Å². The third kappa shape index (κ3) is 3.70. The number of hydrogen-bond donors (Lipinski definition) is 1. The van der Waals surface area contributed by atoms with Gasteiger partial charge in [0.25, 0.3) is 5.91 Å². The second kappa shape index (κ2) is 6.55. The smallest absolute Gasteiger partial charge is 0.267 e. The molecular formula is C17H17ClN2O. The molecule has 0 aliphatic heterocycles. The highest BCUT2D eigenvalue weighted by molar-refractivity contribution is 6.33. The van der Waals surface area contributed by atoms with Crippen LogP contribution in [0, 0.1) is 13.8 Å². The molecule has 0 aliphatic carbocycles. The van der Waals surface area contributed by atoms with Gasteiger partial charge in [-0.1, -0.05) is 47.5 Å². The number of nitrogens with zero attached hydrogens (tertiary/aromatic N) is 1. The largest absolute Gasteiger partial charge is 0.272 e. The van der Waals surface area contributed by atoms with Crippen molar-refractivity contribution in [2.45, 2.75) is 20.8 Å². The second-order valence-electron chi connectivity index (χ2n) is 4.94.